The Morgan fingerprint density at radius 1 is 1.03 bits per heavy atom. The van der Waals surface area contributed by atoms with Crippen molar-refractivity contribution >= 4 is 43.7 Å². The van der Waals surface area contributed by atoms with Gasteiger partial charge in [-0.2, -0.15) is 5.10 Å². The molecule has 0 saturated carbocycles. The smallest absolute Gasteiger partial charge is 0.266 e. The maximum Gasteiger partial charge on any atom is 0.266 e. The van der Waals surface area contributed by atoms with Crippen LogP contribution in [0.5, 0.6) is 0 Å². The summed E-state index contributed by atoms with van der Waals surface area (Å²) in [6.45, 7) is 4.00. The standard InChI is InChI=1S/C20H18FN5O2S2/c1-13-3-4-15(11-14(13)2)26(19-7-8-23-24-19)16-5-6-18(17(21)12-16)30(27,28)25-20-22-9-10-29-20/h3-12H,1-2H3,(H,22,25)(H,23,24). The molecule has 4 aromatic rings. The first-order valence-corrected chi connectivity index (χ1v) is 11.3. The number of aromatic nitrogens is 3. The topological polar surface area (TPSA) is 91.0 Å². The van der Waals surface area contributed by atoms with E-state index in [1.807, 2.05) is 32.0 Å². The molecule has 7 nitrogen and oxygen atoms in total. The van der Waals surface area contributed by atoms with Gasteiger partial charge in [0, 0.05) is 23.3 Å². The van der Waals surface area contributed by atoms with Gasteiger partial charge < -0.3 is 0 Å². The summed E-state index contributed by atoms with van der Waals surface area (Å²) < 4.78 is 42.4. The van der Waals surface area contributed by atoms with Crippen molar-refractivity contribution in [1.29, 1.82) is 0 Å². The minimum absolute atomic E-state index is 0.174. The number of sulfonamides is 1. The average molecular weight is 444 g/mol. The Morgan fingerprint density at radius 3 is 2.43 bits per heavy atom. The van der Waals surface area contributed by atoms with Crippen LogP contribution in [0.25, 0.3) is 0 Å². The highest BCUT2D eigenvalue weighted by Crippen LogP contribution is 2.35. The van der Waals surface area contributed by atoms with Gasteiger partial charge >= 0.3 is 0 Å². The second-order valence-corrected chi connectivity index (χ2v) is 9.15. The van der Waals surface area contributed by atoms with Crippen LogP contribution in [0.2, 0.25) is 0 Å². The zero-order chi connectivity index (χ0) is 21.3. The third kappa shape index (κ3) is 3.91. The Kier molecular flexibility index (Phi) is 5.27. The number of nitrogens with zero attached hydrogens (tertiary/aromatic N) is 3. The SMILES string of the molecule is Cc1ccc(N(c2ccc(S(=O)(=O)Nc3nccs3)c(F)c2)c2ccn[nH]2)cc1C. The summed E-state index contributed by atoms with van der Waals surface area (Å²) in [5.74, 6) is -0.251. The van der Waals surface area contributed by atoms with Gasteiger partial charge in [0.1, 0.15) is 16.5 Å². The molecule has 0 aliphatic carbocycles. The van der Waals surface area contributed by atoms with Crippen molar-refractivity contribution in [2.75, 3.05) is 9.62 Å². The number of halogens is 1. The molecule has 0 aliphatic rings. The molecule has 4 rings (SSSR count). The number of anilines is 4. The Bertz CT molecular complexity index is 1270. The van der Waals surface area contributed by atoms with Crippen LogP contribution >= 0.6 is 11.3 Å². The fourth-order valence-corrected chi connectivity index (χ4v) is 4.80. The Hall–Kier alpha value is -3.24. The molecule has 2 aromatic carbocycles. The maximum atomic E-state index is 14.9. The molecule has 30 heavy (non-hydrogen) atoms. The zero-order valence-electron chi connectivity index (χ0n) is 16.1. The normalized spacial score (nSPS) is 11.4. The molecule has 2 heterocycles. The van der Waals surface area contributed by atoms with E-state index in [0.29, 0.717) is 11.5 Å². The van der Waals surface area contributed by atoms with Gasteiger partial charge in [-0.1, -0.05) is 6.07 Å². The third-order valence-corrected chi connectivity index (χ3v) is 6.78. The predicted octanol–water partition coefficient (Wildman–Crippen LogP) is 4.89. The van der Waals surface area contributed by atoms with Crippen LogP contribution in [-0.2, 0) is 10.0 Å². The molecular weight excluding hydrogens is 425 g/mol. The number of benzene rings is 2. The van der Waals surface area contributed by atoms with Crippen LogP contribution < -0.4 is 9.62 Å². The summed E-state index contributed by atoms with van der Waals surface area (Å²) in [7, 11) is -4.10. The predicted molar refractivity (Wildman–Crippen MR) is 116 cm³/mol. The first-order valence-electron chi connectivity index (χ1n) is 8.94. The van der Waals surface area contributed by atoms with E-state index >= 15 is 0 Å². The van der Waals surface area contributed by atoms with Crippen LogP contribution in [-0.4, -0.2) is 23.6 Å². The van der Waals surface area contributed by atoms with E-state index in [4.69, 9.17) is 0 Å². The van der Waals surface area contributed by atoms with Crippen molar-refractivity contribution in [2.24, 2.45) is 0 Å². The molecule has 0 atom stereocenters. The molecular formula is C20H18FN5O2S2. The lowest BCUT2D eigenvalue weighted by atomic mass is 10.1. The van der Waals surface area contributed by atoms with Gasteiger partial charge in [0.25, 0.3) is 10.0 Å². The van der Waals surface area contributed by atoms with Crippen LogP contribution in [0.15, 0.2) is 65.1 Å². The number of H-pyrrole nitrogens is 1. The van der Waals surface area contributed by atoms with Crippen LogP contribution in [0.1, 0.15) is 11.1 Å². The van der Waals surface area contributed by atoms with Gasteiger partial charge in [-0.15, -0.1) is 11.3 Å². The van der Waals surface area contributed by atoms with E-state index < -0.39 is 20.7 Å². The summed E-state index contributed by atoms with van der Waals surface area (Å²) in [4.78, 5) is 5.20. The summed E-state index contributed by atoms with van der Waals surface area (Å²) >= 11 is 1.11. The minimum Gasteiger partial charge on any atom is -0.295 e. The van der Waals surface area contributed by atoms with Gasteiger partial charge in [0.05, 0.1) is 11.9 Å². The lowest BCUT2D eigenvalue weighted by Crippen LogP contribution is -2.16. The maximum absolute atomic E-state index is 14.9. The van der Waals surface area contributed by atoms with Crippen molar-refractivity contribution < 1.29 is 12.8 Å². The van der Waals surface area contributed by atoms with Gasteiger partial charge in [0.2, 0.25) is 0 Å². The van der Waals surface area contributed by atoms with Crippen LogP contribution in [0.4, 0.5) is 26.7 Å². The molecule has 0 bridgehead atoms. The molecule has 0 amide bonds. The number of rotatable bonds is 6. The van der Waals surface area contributed by atoms with E-state index in [2.05, 4.69) is 19.9 Å². The number of aromatic amines is 1. The van der Waals surface area contributed by atoms with Crippen LogP contribution in [0, 0.1) is 19.7 Å². The van der Waals surface area contributed by atoms with Gasteiger partial charge in [-0.05, 0) is 55.3 Å². The quantitative estimate of drug-likeness (QED) is 0.443. The fraction of sp³-hybridized carbons (Fsp3) is 0.100. The lowest BCUT2D eigenvalue weighted by molar-refractivity contribution is 0.570. The highest BCUT2D eigenvalue weighted by atomic mass is 32.2. The molecule has 154 valence electrons. The first-order chi connectivity index (χ1) is 14.3. The molecule has 0 fully saturated rings. The summed E-state index contributed by atoms with van der Waals surface area (Å²) in [6, 6.07) is 11.6. The summed E-state index contributed by atoms with van der Waals surface area (Å²) in [5.41, 5.74) is 3.44. The van der Waals surface area contributed by atoms with Gasteiger partial charge in [-0.25, -0.2) is 17.8 Å². The third-order valence-electron chi connectivity index (χ3n) is 4.59. The fourth-order valence-electron chi connectivity index (χ4n) is 2.96. The highest BCUT2D eigenvalue weighted by Gasteiger charge is 2.23. The van der Waals surface area contributed by atoms with E-state index in [1.54, 1.807) is 28.6 Å². The van der Waals surface area contributed by atoms with Crippen molar-refractivity contribution in [2.45, 2.75) is 18.7 Å². The van der Waals surface area contributed by atoms with Gasteiger partial charge in [-0.3, -0.25) is 14.7 Å². The van der Waals surface area contributed by atoms with E-state index in [9.17, 15) is 12.8 Å². The minimum atomic E-state index is -4.10. The summed E-state index contributed by atoms with van der Waals surface area (Å²) in [5, 5.41) is 8.66. The van der Waals surface area contributed by atoms with Crippen molar-refractivity contribution in [3.8, 4) is 0 Å². The number of aryl methyl sites for hydroxylation is 2. The Balaban J connectivity index is 1.75. The highest BCUT2D eigenvalue weighted by molar-refractivity contribution is 7.93. The Morgan fingerprint density at radius 2 is 1.80 bits per heavy atom. The van der Waals surface area contributed by atoms with E-state index in [0.717, 1.165) is 28.2 Å². The van der Waals surface area contributed by atoms with Crippen molar-refractivity contribution in [1.82, 2.24) is 15.2 Å². The van der Waals surface area contributed by atoms with E-state index in [-0.39, 0.29) is 5.13 Å². The molecule has 0 saturated heterocycles. The summed E-state index contributed by atoms with van der Waals surface area (Å²) in [6.07, 6.45) is 3.06. The van der Waals surface area contributed by atoms with Crippen molar-refractivity contribution in [3.63, 3.8) is 0 Å². The molecule has 10 heteroatoms. The van der Waals surface area contributed by atoms with Gasteiger partial charge in [0.15, 0.2) is 5.13 Å². The second kappa shape index (κ2) is 7.88. The molecule has 2 N–H and O–H groups in total. The largest absolute Gasteiger partial charge is 0.295 e. The number of nitrogens with one attached hydrogen (secondary N) is 2. The first kappa shape index (κ1) is 20.0. The molecule has 0 radical (unpaired) electrons. The van der Waals surface area contributed by atoms with E-state index in [1.165, 1.54) is 18.3 Å². The number of hydrogen-bond donors (Lipinski definition) is 2. The Labute approximate surface area is 177 Å². The lowest BCUT2D eigenvalue weighted by Gasteiger charge is -2.24. The average Bonchev–Trinajstić information content (AvgIpc) is 3.39. The molecule has 2 aromatic heterocycles. The number of hydrogen-bond acceptors (Lipinski definition) is 6. The molecule has 0 spiro atoms. The zero-order valence-corrected chi connectivity index (χ0v) is 17.8. The number of thiazole rings is 1. The van der Waals surface area contributed by atoms with Crippen molar-refractivity contribution in [3.05, 3.63) is 77.2 Å². The molecule has 0 unspecified atom stereocenters. The second-order valence-electron chi connectivity index (χ2n) is 6.60. The monoisotopic (exact) mass is 443 g/mol. The molecule has 0 aliphatic heterocycles. The van der Waals surface area contributed by atoms with Crippen LogP contribution in [0.3, 0.4) is 0 Å².